The Morgan fingerprint density at radius 1 is 1.02 bits per heavy atom. The summed E-state index contributed by atoms with van der Waals surface area (Å²) in [5, 5.41) is 26.0. The smallest absolute Gasteiger partial charge is 0.386 e. The van der Waals surface area contributed by atoms with E-state index in [0.29, 0.717) is 12.3 Å². The highest BCUT2D eigenvalue weighted by Crippen LogP contribution is 2.61. The number of hydrogen-bond acceptors (Lipinski definition) is 19. The number of carbonyl (C=O) groups excluding carboxylic acids is 4. The highest BCUT2D eigenvalue weighted by Gasteiger charge is 2.50. The molecule has 0 saturated carbocycles. The summed E-state index contributed by atoms with van der Waals surface area (Å²) >= 11 is 0.917. The molecule has 59 heavy (non-hydrogen) atoms. The van der Waals surface area contributed by atoms with E-state index >= 15 is 0 Å². The summed E-state index contributed by atoms with van der Waals surface area (Å²) in [4.78, 5) is 99.6. The minimum Gasteiger partial charge on any atom is -0.386 e. The maximum atomic E-state index is 12.7. The Kier molecular flexibility index (Phi) is 18.7. The van der Waals surface area contributed by atoms with Crippen LogP contribution in [0.4, 0.5) is 5.82 Å². The number of hydrogen-bond donors (Lipinski definition) is 9. The molecule has 0 aliphatic carbocycles. The largest absolute Gasteiger partial charge is 0.481 e. The highest BCUT2D eigenvalue weighted by atomic mass is 32.2. The van der Waals surface area contributed by atoms with Crippen LogP contribution in [-0.4, -0.2) is 128 Å². The van der Waals surface area contributed by atoms with Gasteiger partial charge in [0.25, 0.3) is 0 Å². The topological polar surface area (TPSA) is 381 Å². The Balaban J connectivity index is 1.44. The summed E-state index contributed by atoms with van der Waals surface area (Å²) < 4.78 is 62.1. The van der Waals surface area contributed by atoms with Crippen molar-refractivity contribution in [1.29, 1.82) is 0 Å². The predicted molar refractivity (Wildman–Crippen MR) is 205 cm³/mol. The SMILES string of the molecule is CC(C)CCCC(=O)CC(=O)SCCNC(=O)CCNC(=O)C(O)C(C)(C)COP(=O)(O)OP(=O)(O)OC[C@H]1O[C@@H](n2cnc3c(N)ncnc32)[C@H](O)[C@@H]1OP(=O)(O)O. The van der Waals surface area contributed by atoms with E-state index < -0.39 is 84.6 Å². The quantitative estimate of drug-likeness (QED) is 0.0371. The van der Waals surface area contributed by atoms with Gasteiger partial charge in [0.2, 0.25) is 11.8 Å². The number of imidazole rings is 1. The Bertz CT molecular complexity index is 1930. The lowest BCUT2D eigenvalue weighted by atomic mass is 9.87. The van der Waals surface area contributed by atoms with Crippen LogP contribution >= 0.6 is 35.2 Å². The molecule has 334 valence electrons. The van der Waals surface area contributed by atoms with Crippen LogP contribution in [0.5, 0.6) is 0 Å². The van der Waals surface area contributed by atoms with Crippen molar-refractivity contribution in [3.63, 3.8) is 0 Å². The minimum absolute atomic E-state index is 0.0248. The number of Topliss-reactive ketones (excluding diaryl/α,β-unsaturated/α-hetero) is 1. The van der Waals surface area contributed by atoms with E-state index in [4.69, 9.17) is 19.5 Å². The summed E-state index contributed by atoms with van der Waals surface area (Å²) in [6.45, 7) is 4.41. The Morgan fingerprint density at radius 2 is 1.69 bits per heavy atom. The van der Waals surface area contributed by atoms with E-state index in [0.717, 1.165) is 41.8 Å². The number of amides is 2. The zero-order valence-electron chi connectivity index (χ0n) is 32.4. The van der Waals surface area contributed by atoms with Gasteiger partial charge in [0, 0.05) is 37.1 Å². The van der Waals surface area contributed by atoms with Gasteiger partial charge < -0.3 is 50.9 Å². The Morgan fingerprint density at radius 3 is 2.36 bits per heavy atom. The number of carbonyl (C=O) groups is 4. The number of fused-ring (bicyclic) bond motifs is 1. The Labute approximate surface area is 341 Å². The number of phosphoric acid groups is 3. The molecule has 1 fully saturated rings. The van der Waals surface area contributed by atoms with Crippen molar-refractivity contribution in [3.8, 4) is 0 Å². The lowest BCUT2D eigenvalue weighted by Gasteiger charge is -2.30. The molecule has 0 bridgehead atoms. The van der Waals surface area contributed by atoms with Crippen LogP contribution < -0.4 is 16.4 Å². The summed E-state index contributed by atoms with van der Waals surface area (Å²) in [6, 6.07) is 0. The first-order valence-corrected chi connectivity index (χ1v) is 23.4. The van der Waals surface area contributed by atoms with Gasteiger partial charge in [-0.15, -0.1) is 0 Å². The van der Waals surface area contributed by atoms with Crippen LogP contribution in [-0.2, 0) is 55.5 Å². The van der Waals surface area contributed by atoms with Crippen LogP contribution in [0.25, 0.3) is 11.2 Å². The molecule has 2 amide bonds. The van der Waals surface area contributed by atoms with Gasteiger partial charge in [-0.3, -0.25) is 37.3 Å². The second-order valence-corrected chi connectivity index (χ2v) is 19.7. The number of aliphatic hydroxyl groups is 2. The zero-order chi connectivity index (χ0) is 44.3. The van der Waals surface area contributed by atoms with E-state index in [1.165, 1.54) is 13.8 Å². The van der Waals surface area contributed by atoms with Crippen molar-refractivity contribution in [2.45, 2.75) is 90.4 Å². The van der Waals surface area contributed by atoms with Gasteiger partial charge in [-0.1, -0.05) is 45.9 Å². The molecule has 3 heterocycles. The zero-order valence-corrected chi connectivity index (χ0v) is 35.9. The Hall–Kier alpha value is -2.77. The molecular weight excluding hydrogens is 871 g/mol. The van der Waals surface area contributed by atoms with Crippen molar-refractivity contribution in [2.75, 3.05) is 37.8 Å². The number of aromatic nitrogens is 4. The molecule has 2 aromatic heterocycles. The molecule has 0 spiro atoms. The molecule has 1 saturated heterocycles. The van der Waals surface area contributed by atoms with Crippen molar-refractivity contribution in [2.24, 2.45) is 11.3 Å². The van der Waals surface area contributed by atoms with E-state index in [1.54, 1.807) is 0 Å². The van der Waals surface area contributed by atoms with Crippen molar-refractivity contribution < 1.29 is 85.3 Å². The number of nitrogens with zero attached hydrogens (tertiary/aromatic N) is 4. The predicted octanol–water partition coefficient (Wildman–Crippen LogP) is 0.450. The van der Waals surface area contributed by atoms with E-state index in [1.807, 2.05) is 13.8 Å². The number of phosphoric ester groups is 3. The summed E-state index contributed by atoms with van der Waals surface area (Å²) in [5.41, 5.74) is 4.23. The van der Waals surface area contributed by atoms with Crippen molar-refractivity contribution >= 4 is 74.9 Å². The molecule has 2 aromatic rings. The van der Waals surface area contributed by atoms with Crippen molar-refractivity contribution in [1.82, 2.24) is 30.2 Å². The van der Waals surface area contributed by atoms with Crippen LogP contribution in [0.3, 0.4) is 0 Å². The third-order valence-electron chi connectivity index (χ3n) is 8.34. The highest BCUT2D eigenvalue weighted by molar-refractivity contribution is 8.13. The molecule has 25 nitrogen and oxygen atoms in total. The fourth-order valence-electron chi connectivity index (χ4n) is 5.30. The van der Waals surface area contributed by atoms with E-state index in [2.05, 4.69) is 34.4 Å². The molecule has 3 rings (SSSR count). The maximum Gasteiger partial charge on any atom is 0.481 e. The summed E-state index contributed by atoms with van der Waals surface area (Å²) in [5.74, 6) is -0.973. The fourth-order valence-corrected chi connectivity index (χ4v) is 8.83. The fraction of sp³-hybridized carbons (Fsp3) is 0.700. The van der Waals surface area contributed by atoms with Gasteiger partial charge in [-0.2, -0.15) is 4.31 Å². The average Bonchev–Trinajstić information content (AvgIpc) is 3.67. The molecule has 1 aliphatic rings. The van der Waals surface area contributed by atoms with Gasteiger partial charge in [0.1, 0.15) is 42.0 Å². The second kappa shape index (κ2) is 21.8. The normalized spacial score (nSPS) is 21.2. The van der Waals surface area contributed by atoms with Crippen molar-refractivity contribution in [3.05, 3.63) is 12.7 Å². The first-order valence-electron chi connectivity index (χ1n) is 17.9. The van der Waals surface area contributed by atoms with Gasteiger partial charge in [-0.05, 0) is 12.3 Å². The summed E-state index contributed by atoms with van der Waals surface area (Å²) in [7, 11) is -16.4. The lowest BCUT2D eigenvalue weighted by Crippen LogP contribution is -2.46. The molecule has 10 N–H and O–H groups in total. The van der Waals surface area contributed by atoms with Gasteiger partial charge >= 0.3 is 23.5 Å². The first-order chi connectivity index (χ1) is 27.3. The molecule has 7 atom stereocenters. The monoisotopic (exact) mass is 921 g/mol. The maximum absolute atomic E-state index is 12.7. The number of aliphatic hydroxyl groups excluding tert-OH is 2. The number of thioether (sulfide) groups is 1. The number of nitrogen functional groups attached to an aromatic ring is 1. The van der Waals surface area contributed by atoms with Gasteiger partial charge in [0.05, 0.1) is 26.0 Å². The van der Waals surface area contributed by atoms with Gasteiger partial charge in [0.15, 0.2) is 22.8 Å². The number of rotatable bonds is 25. The number of ketones is 1. The average molecular weight is 922 g/mol. The minimum atomic E-state index is -5.58. The lowest BCUT2D eigenvalue weighted by molar-refractivity contribution is -0.137. The molecule has 3 unspecified atom stereocenters. The van der Waals surface area contributed by atoms with Crippen LogP contribution in [0.15, 0.2) is 12.7 Å². The van der Waals surface area contributed by atoms with E-state index in [-0.39, 0.29) is 59.6 Å². The van der Waals surface area contributed by atoms with E-state index in [9.17, 15) is 62.7 Å². The third kappa shape index (κ3) is 16.6. The third-order valence-corrected chi connectivity index (χ3v) is 12.3. The second-order valence-electron chi connectivity index (χ2n) is 14.3. The number of nitrogens with two attached hydrogens (primary N) is 1. The van der Waals surface area contributed by atoms with Gasteiger partial charge in [-0.25, -0.2) is 28.6 Å². The number of ether oxygens (including phenoxy) is 1. The van der Waals surface area contributed by atoms with Crippen LogP contribution in [0.1, 0.15) is 66.0 Å². The number of nitrogens with one attached hydrogen (secondary N) is 2. The molecule has 1 aliphatic heterocycles. The molecule has 29 heteroatoms. The molecule has 0 radical (unpaired) electrons. The molecule has 0 aromatic carbocycles. The first kappa shape index (κ1) is 50.6. The standard InChI is InChI=1S/C30H50N7O18P3S/c1-17(2)6-5-7-18(38)12-21(40)59-11-10-32-20(39)8-9-33-28(43)25(42)30(3,4)14-52-58(49,50)55-57(47,48)51-13-19-24(54-56(44,45)46)23(41)29(53-19)37-16-36-22-26(31)34-15-35-27(22)37/h15-17,19,23-25,29,41-42H,5-14H2,1-4H3,(H,32,39)(H,33,43)(H,47,48)(H,49,50)(H2,31,34,35)(H2,44,45,46)/t19-,23-,24-,25?,29-/m1/s1. The van der Waals surface area contributed by atoms with Crippen LogP contribution in [0.2, 0.25) is 0 Å². The van der Waals surface area contributed by atoms with Crippen LogP contribution in [0, 0.1) is 11.3 Å². The number of anilines is 1. The molecular formula is C30H50N7O18P3S. The summed E-state index contributed by atoms with van der Waals surface area (Å²) in [6.07, 6.45) is -5.25.